The summed E-state index contributed by atoms with van der Waals surface area (Å²) in [4.78, 5) is 0. The number of nitrogens with two attached hydrogens (primary N) is 1. The van der Waals surface area contributed by atoms with Crippen LogP contribution in [0.4, 0.5) is 8.78 Å². The van der Waals surface area contributed by atoms with Crippen molar-refractivity contribution in [3.63, 3.8) is 0 Å². The quantitative estimate of drug-likeness (QED) is 0.859. The van der Waals surface area contributed by atoms with Crippen LogP contribution in [0, 0.1) is 18.6 Å². The summed E-state index contributed by atoms with van der Waals surface area (Å²) >= 11 is 0. The van der Waals surface area contributed by atoms with Gasteiger partial charge >= 0.3 is 0 Å². The van der Waals surface area contributed by atoms with Gasteiger partial charge in [0.1, 0.15) is 23.5 Å². The molecule has 3 rings (SSSR count). The molecule has 104 valence electrons. The Balaban J connectivity index is 1.99. The van der Waals surface area contributed by atoms with Crippen molar-refractivity contribution in [3.05, 3.63) is 64.7 Å². The van der Waals surface area contributed by atoms with Crippen LogP contribution in [0.25, 0.3) is 0 Å². The molecular weight excluding hydrogens is 260 g/mol. The minimum atomic E-state index is -0.442. The molecule has 20 heavy (non-hydrogen) atoms. The van der Waals surface area contributed by atoms with E-state index in [1.807, 2.05) is 6.92 Å². The van der Waals surface area contributed by atoms with E-state index in [0.29, 0.717) is 23.3 Å². The van der Waals surface area contributed by atoms with Gasteiger partial charge in [-0.3, -0.25) is 0 Å². The van der Waals surface area contributed by atoms with Crippen LogP contribution in [-0.2, 0) is 0 Å². The van der Waals surface area contributed by atoms with Crippen LogP contribution in [0.2, 0.25) is 0 Å². The predicted molar refractivity (Wildman–Crippen MR) is 72.5 cm³/mol. The van der Waals surface area contributed by atoms with E-state index in [0.717, 1.165) is 5.56 Å². The Morgan fingerprint density at radius 3 is 2.70 bits per heavy atom. The standard InChI is InChI=1S/C16H15F2NO/c1-9-2-4-13(18)11(6-9)16-8-14(19)12-7-10(17)3-5-15(12)20-16/h2-7,14,16H,8,19H2,1H3/t14-,16?/m1/s1. The van der Waals surface area contributed by atoms with Crippen molar-refractivity contribution in [2.75, 3.05) is 0 Å². The number of fused-ring (bicyclic) bond motifs is 1. The molecule has 2 atom stereocenters. The van der Waals surface area contributed by atoms with E-state index in [2.05, 4.69) is 0 Å². The highest BCUT2D eigenvalue weighted by molar-refractivity contribution is 5.40. The molecule has 0 saturated heterocycles. The predicted octanol–water partition coefficient (Wildman–Crippen LogP) is 3.80. The first-order chi connectivity index (χ1) is 9.54. The number of hydrogen-bond donors (Lipinski definition) is 1. The maximum absolute atomic E-state index is 13.9. The molecule has 2 aromatic carbocycles. The molecule has 0 aliphatic carbocycles. The Morgan fingerprint density at radius 2 is 1.90 bits per heavy atom. The highest BCUT2D eigenvalue weighted by Crippen LogP contribution is 2.40. The number of aryl methyl sites for hydroxylation is 1. The maximum atomic E-state index is 13.9. The summed E-state index contributed by atoms with van der Waals surface area (Å²) in [5.74, 6) is -0.127. The first kappa shape index (κ1) is 13.1. The lowest BCUT2D eigenvalue weighted by Crippen LogP contribution is -2.25. The second-order valence-corrected chi connectivity index (χ2v) is 5.16. The Bertz CT molecular complexity index is 657. The highest BCUT2D eigenvalue weighted by atomic mass is 19.1. The van der Waals surface area contributed by atoms with Crippen molar-refractivity contribution in [3.8, 4) is 5.75 Å². The van der Waals surface area contributed by atoms with Crippen molar-refractivity contribution < 1.29 is 13.5 Å². The van der Waals surface area contributed by atoms with Gasteiger partial charge in [0.15, 0.2) is 0 Å². The Morgan fingerprint density at radius 1 is 1.10 bits per heavy atom. The summed E-state index contributed by atoms with van der Waals surface area (Å²) in [5, 5.41) is 0. The molecule has 0 saturated carbocycles. The fourth-order valence-corrected chi connectivity index (χ4v) is 2.58. The van der Waals surface area contributed by atoms with Crippen LogP contribution >= 0.6 is 0 Å². The smallest absolute Gasteiger partial charge is 0.130 e. The van der Waals surface area contributed by atoms with Crippen molar-refractivity contribution in [2.24, 2.45) is 5.73 Å². The first-order valence-corrected chi connectivity index (χ1v) is 6.52. The van der Waals surface area contributed by atoms with Gasteiger partial charge in [-0.15, -0.1) is 0 Å². The van der Waals surface area contributed by atoms with Gasteiger partial charge in [0, 0.05) is 23.6 Å². The molecule has 2 nitrogen and oxygen atoms in total. The van der Waals surface area contributed by atoms with E-state index in [4.69, 9.17) is 10.5 Å². The summed E-state index contributed by atoms with van der Waals surface area (Å²) in [7, 11) is 0. The van der Waals surface area contributed by atoms with E-state index in [1.165, 1.54) is 18.2 Å². The molecule has 0 bridgehead atoms. The average molecular weight is 275 g/mol. The molecule has 2 aromatic rings. The number of halogens is 2. The second-order valence-electron chi connectivity index (χ2n) is 5.16. The van der Waals surface area contributed by atoms with Crippen molar-refractivity contribution in [1.82, 2.24) is 0 Å². The summed E-state index contributed by atoms with van der Waals surface area (Å²) in [6.07, 6.45) is -0.0144. The van der Waals surface area contributed by atoms with Gasteiger partial charge in [0.2, 0.25) is 0 Å². The topological polar surface area (TPSA) is 35.2 Å². The van der Waals surface area contributed by atoms with Gasteiger partial charge in [-0.1, -0.05) is 11.6 Å². The summed E-state index contributed by atoms with van der Waals surface area (Å²) < 4.78 is 33.0. The van der Waals surface area contributed by atoms with Crippen LogP contribution in [0.1, 0.15) is 35.3 Å². The van der Waals surface area contributed by atoms with E-state index in [1.54, 1.807) is 18.2 Å². The fourth-order valence-electron chi connectivity index (χ4n) is 2.58. The SMILES string of the molecule is Cc1ccc(F)c(C2C[C@@H](N)c3cc(F)ccc3O2)c1. The van der Waals surface area contributed by atoms with Gasteiger partial charge in [-0.25, -0.2) is 8.78 Å². The zero-order valence-electron chi connectivity index (χ0n) is 11.1. The van der Waals surface area contributed by atoms with E-state index in [-0.39, 0.29) is 17.7 Å². The van der Waals surface area contributed by atoms with E-state index >= 15 is 0 Å². The third-order valence-electron chi connectivity index (χ3n) is 3.61. The van der Waals surface area contributed by atoms with Crippen LogP contribution in [0.15, 0.2) is 36.4 Å². The molecule has 1 unspecified atom stereocenters. The van der Waals surface area contributed by atoms with Crippen LogP contribution in [0.5, 0.6) is 5.75 Å². The monoisotopic (exact) mass is 275 g/mol. The van der Waals surface area contributed by atoms with Crippen LogP contribution in [-0.4, -0.2) is 0 Å². The molecule has 0 spiro atoms. The molecular formula is C16H15F2NO. The maximum Gasteiger partial charge on any atom is 0.130 e. The van der Waals surface area contributed by atoms with Gasteiger partial charge in [-0.05, 0) is 37.3 Å². The van der Waals surface area contributed by atoms with Crippen molar-refractivity contribution in [1.29, 1.82) is 0 Å². The van der Waals surface area contributed by atoms with Gasteiger partial charge in [0.25, 0.3) is 0 Å². The Kier molecular flexibility index (Phi) is 3.18. The van der Waals surface area contributed by atoms with Crippen molar-refractivity contribution in [2.45, 2.75) is 25.5 Å². The molecule has 0 radical (unpaired) electrons. The first-order valence-electron chi connectivity index (χ1n) is 6.52. The largest absolute Gasteiger partial charge is 0.485 e. The molecule has 0 fully saturated rings. The van der Waals surface area contributed by atoms with Crippen LogP contribution in [0.3, 0.4) is 0 Å². The lowest BCUT2D eigenvalue weighted by atomic mass is 9.92. The van der Waals surface area contributed by atoms with Gasteiger partial charge in [-0.2, -0.15) is 0 Å². The second kappa shape index (κ2) is 4.87. The number of benzene rings is 2. The fraction of sp³-hybridized carbons (Fsp3) is 0.250. The summed E-state index contributed by atoms with van der Waals surface area (Å²) in [6, 6.07) is 8.79. The Hall–Kier alpha value is -1.94. The normalized spacial score (nSPS) is 21.2. The Labute approximate surface area is 116 Å². The average Bonchev–Trinajstić information content (AvgIpc) is 2.42. The molecule has 2 N–H and O–H groups in total. The minimum Gasteiger partial charge on any atom is -0.485 e. The molecule has 0 amide bonds. The van der Waals surface area contributed by atoms with Gasteiger partial charge < -0.3 is 10.5 Å². The molecule has 4 heteroatoms. The van der Waals surface area contributed by atoms with E-state index < -0.39 is 6.10 Å². The highest BCUT2D eigenvalue weighted by Gasteiger charge is 2.29. The van der Waals surface area contributed by atoms with Crippen molar-refractivity contribution >= 4 is 0 Å². The molecule has 1 heterocycles. The lowest BCUT2D eigenvalue weighted by Gasteiger charge is -2.30. The molecule has 1 aliphatic rings. The zero-order valence-corrected chi connectivity index (χ0v) is 11.1. The zero-order chi connectivity index (χ0) is 14.3. The third-order valence-corrected chi connectivity index (χ3v) is 3.61. The van der Waals surface area contributed by atoms with E-state index in [9.17, 15) is 8.78 Å². The third kappa shape index (κ3) is 2.27. The lowest BCUT2D eigenvalue weighted by molar-refractivity contribution is 0.157. The summed E-state index contributed by atoms with van der Waals surface area (Å²) in [6.45, 7) is 1.90. The van der Waals surface area contributed by atoms with Crippen LogP contribution < -0.4 is 10.5 Å². The number of rotatable bonds is 1. The number of hydrogen-bond acceptors (Lipinski definition) is 2. The molecule has 1 aliphatic heterocycles. The summed E-state index contributed by atoms with van der Waals surface area (Å²) in [5.41, 5.74) is 8.15. The van der Waals surface area contributed by atoms with Gasteiger partial charge in [0.05, 0.1) is 0 Å². The molecule has 0 aromatic heterocycles. The minimum absolute atomic E-state index is 0.307. The number of ether oxygens (including phenoxy) is 1.